The molecule has 0 fully saturated rings. The van der Waals surface area contributed by atoms with Crippen LogP contribution in [0.1, 0.15) is 0 Å². The summed E-state index contributed by atoms with van der Waals surface area (Å²) >= 11 is 0. The van der Waals surface area contributed by atoms with E-state index < -0.39 is 0 Å². The Morgan fingerprint density at radius 2 is 1.02 bits per heavy atom. The summed E-state index contributed by atoms with van der Waals surface area (Å²) in [7, 11) is 0. The van der Waals surface area contributed by atoms with Crippen LogP contribution >= 0.6 is 0 Å². The van der Waals surface area contributed by atoms with Crippen LogP contribution in [-0.4, -0.2) is 9.13 Å². The van der Waals surface area contributed by atoms with Gasteiger partial charge in [0.05, 0.1) is 27.5 Å². The minimum atomic E-state index is 0.911. The molecule has 0 radical (unpaired) electrons. The summed E-state index contributed by atoms with van der Waals surface area (Å²) in [5.74, 6) is 0. The van der Waals surface area contributed by atoms with Crippen LogP contribution < -0.4 is 0 Å². The fourth-order valence-corrected chi connectivity index (χ4v) is 9.60. The molecule has 1 aliphatic rings. The Labute approximate surface area is 303 Å². The Morgan fingerprint density at radius 3 is 1.91 bits per heavy atom. The third-order valence-electron chi connectivity index (χ3n) is 11.8. The van der Waals surface area contributed by atoms with Crippen LogP contribution in [0.4, 0.5) is 0 Å². The first-order valence-corrected chi connectivity index (χ1v) is 18.3. The van der Waals surface area contributed by atoms with E-state index in [1.165, 1.54) is 76.5 Å². The zero-order valence-corrected chi connectivity index (χ0v) is 28.5. The normalized spacial score (nSPS) is 12.5. The standard InChI is InChI=1S/C50H28N2O/c1-2-10-31-27-32(20-19-29(31)9-1)52-44-25-23-38-35-13-4-6-18-45(35)53-50(38)48(44)40-24-26-43-47(49(40)52)39-14-3-5-17-42(39)51(43)33-21-22-34-36-15-7-11-30-12-8-16-37(46(30)36)41(34)28-33/h1-28H. The second-order valence-corrected chi connectivity index (χ2v) is 14.4. The Bertz CT molecular complexity index is 3570. The molecule has 9 aromatic carbocycles. The molecule has 53 heavy (non-hydrogen) atoms. The predicted molar refractivity (Wildman–Crippen MR) is 222 cm³/mol. The van der Waals surface area contributed by atoms with Crippen LogP contribution in [0.3, 0.4) is 0 Å². The summed E-state index contributed by atoms with van der Waals surface area (Å²) in [4.78, 5) is 0. The third kappa shape index (κ3) is 3.49. The molecule has 3 heteroatoms. The average Bonchev–Trinajstić information content (AvgIpc) is 3.95. The Morgan fingerprint density at radius 1 is 0.340 bits per heavy atom. The number of nitrogens with zero attached hydrogens (tertiary/aromatic N) is 2. The van der Waals surface area contributed by atoms with Crippen LogP contribution in [0.5, 0.6) is 0 Å². The lowest BCUT2D eigenvalue weighted by Crippen LogP contribution is -1.96. The molecule has 3 nitrogen and oxygen atoms in total. The molecule has 244 valence electrons. The Hall–Kier alpha value is -7.10. The maximum Gasteiger partial charge on any atom is 0.145 e. The van der Waals surface area contributed by atoms with Crippen molar-refractivity contribution in [1.82, 2.24) is 9.13 Å². The molecule has 0 atom stereocenters. The number of para-hydroxylation sites is 2. The van der Waals surface area contributed by atoms with Crippen molar-refractivity contribution < 1.29 is 4.42 Å². The molecule has 0 aliphatic heterocycles. The molecule has 0 amide bonds. The van der Waals surface area contributed by atoms with Crippen LogP contribution in [0, 0.1) is 0 Å². The largest absolute Gasteiger partial charge is 0.455 e. The molecular weight excluding hydrogens is 645 g/mol. The molecule has 12 aromatic rings. The van der Waals surface area contributed by atoms with E-state index in [-0.39, 0.29) is 0 Å². The van der Waals surface area contributed by atoms with Gasteiger partial charge in [-0.25, -0.2) is 0 Å². The molecule has 0 N–H and O–H groups in total. The van der Waals surface area contributed by atoms with Crippen LogP contribution in [-0.2, 0) is 0 Å². The fraction of sp³-hybridized carbons (Fsp3) is 0. The molecule has 0 unspecified atom stereocenters. The van der Waals surface area contributed by atoms with Gasteiger partial charge in [-0.3, -0.25) is 0 Å². The predicted octanol–water partition coefficient (Wildman–Crippen LogP) is 13.7. The second-order valence-electron chi connectivity index (χ2n) is 14.4. The topological polar surface area (TPSA) is 23.0 Å². The van der Waals surface area contributed by atoms with Gasteiger partial charge in [-0.15, -0.1) is 0 Å². The van der Waals surface area contributed by atoms with Crippen molar-refractivity contribution in [1.29, 1.82) is 0 Å². The van der Waals surface area contributed by atoms with E-state index in [1.807, 2.05) is 0 Å². The zero-order chi connectivity index (χ0) is 34.4. The van der Waals surface area contributed by atoms with Crippen molar-refractivity contribution in [2.75, 3.05) is 0 Å². The lowest BCUT2D eigenvalue weighted by molar-refractivity contribution is 0.673. The molecule has 0 saturated heterocycles. The van der Waals surface area contributed by atoms with E-state index in [9.17, 15) is 0 Å². The summed E-state index contributed by atoms with van der Waals surface area (Å²) in [6, 6.07) is 62.3. The van der Waals surface area contributed by atoms with Crippen molar-refractivity contribution in [3.05, 3.63) is 170 Å². The molecule has 3 aromatic heterocycles. The molecule has 0 saturated carbocycles. The maximum atomic E-state index is 6.74. The lowest BCUT2D eigenvalue weighted by atomic mass is 10.0. The van der Waals surface area contributed by atoms with Gasteiger partial charge in [0.25, 0.3) is 0 Å². The van der Waals surface area contributed by atoms with Gasteiger partial charge in [-0.05, 0) is 104 Å². The summed E-state index contributed by atoms with van der Waals surface area (Å²) in [6.45, 7) is 0. The fourth-order valence-electron chi connectivity index (χ4n) is 9.60. The highest BCUT2D eigenvalue weighted by atomic mass is 16.3. The van der Waals surface area contributed by atoms with E-state index in [1.54, 1.807) is 0 Å². The second kappa shape index (κ2) is 9.81. The summed E-state index contributed by atoms with van der Waals surface area (Å²) in [5.41, 5.74) is 14.0. The Kier molecular flexibility index (Phi) is 5.11. The molecule has 3 heterocycles. The average molecular weight is 673 g/mol. The molecular formula is C50H28N2O. The van der Waals surface area contributed by atoms with Crippen LogP contribution in [0.15, 0.2) is 174 Å². The van der Waals surface area contributed by atoms with Crippen molar-refractivity contribution in [2.24, 2.45) is 0 Å². The van der Waals surface area contributed by atoms with Gasteiger partial charge in [-0.1, -0.05) is 109 Å². The molecule has 1 aliphatic carbocycles. The number of furan rings is 1. The van der Waals surface area contributed by atoms with Gasteiger partial charge in [0.1, 0.15) is 11.2 Å². The Balaban J connectivity index is 1.18. The van der Waals surface area contributed by atoms with Gasteiger partial charge < -0.3 is 13.6 Å². The van der Waals surface area contributed by atoms with E-state index in [2.05, 4.69) is 179 Å². The highest BCUT2D eigenvalue weighted by molar-refractivity contribution is 6.31. The summed E-state index contributed by atoms with van der Waals surface area (Å²) in [6.07, 6.45) is 0. The van der Waals surface area contributed by atoms with E-state index in [4.69, 9.17) is 4.42 Å². The third-order valence-corrected chi connectivity index (χ3v) is 11.8. The van der Waals surface area contributed by atoms with Gasteiger partial charge in [0, 0.05) is 38.3 Å². The quantitative estimate of drug-likeness (QED) is 0.179. The van der Waals surface area contributed by atoms with E-state index >= 15 is 0 Å². The number of aromatic nitrogens is 2. The first kappa shape index (κ1) is 27.6. The van der Waals surface area contributed by atoms with Gasteiger partial charge in [0.2, 0.25) is 0 Å². The van der Waals surface area contributed by atoms with Crippen molar-refractivity contribution in [3.8, 4) is 33.6 Å². The SMILES string of the molecule is c1ccc2cc(-n3c4ccc5c6ccccc6oc5c4c4ccc5c(c6ccccc6n5-c5ccc6c(c5)-c5cccc7cccc-6c57)c43)ccc2c1. The van der Waals surface area contributed by atoms with Gasteiger partial charge >= 0.3 is 0 Å². The number of benzene rings is 9. The first-order valence-electron chi connectivity index (χ1n) is 18.3. The van der Waals surface area contributed by atoms with Gasteiger partial charge in [-0.2, -0.15) is 0 Å². The number of hydrogen-bond donors (Lipinski definition) is 0. The number of fused-ring (bicyclic) bond motifs is 15. The minimum Gasteiger partial charge on any atom is -0.455 e. The zero-order valence-electron chi connectivity index (χ0n) is 28.5. The molecule has 13 rings (SSSR count). The lowest BCUT2D eigenvalue weighted by Gasteiger charge is -2.12. The summed E-state index contributed by atoms with van der Waals surface area (Å²) < 4.78 is 11.7. The molecule has 0 spiro atoms. The molecule has 0 bridgehead atoms. The maximum absolute atomic E-state index is 6.74. The van der Waals surface area contributed by atoms with Crippen LogP contribution in [0.25, 0.3) is 121 Å². The highest BCUT2D eigenvalue weighted by Crippen LogP contribution is 2.49. The first-order chi connectivity index (χ1) is 26.3. The number of rotatable bonds is 2. The minimum absolute atomic E-state index is 0.911. The van der Waals surface area contributed by atoms with Crippen molar-refractivity contribution >= 4 is 87.1 Å². The van der Waals surface area contributed by atoms with Crippen molar-refractivity contribution in [2.45, 2.75) is 0 Å². The van der Waals surface area contributed by atoms with Crippen LogP contribution in [0.2, 0.25) is 0 Å². The van der Waals surface area contributed by atoms with Gasteiger partial charge in [0.15, 0.2) is 0 Å². The highest BCUT2D eigenvalue weighted by Gasteiger charge is 2.26. The smallest absolute Gasteiger partial charge is 0.145 e. The monoisotopic (exact) mass is 672 g/mol. The van der Waals surface area contributed by atoms with E-state index in [0.29, 0.717) is 0 Å². The van der Waals surface area contributed by atoms with Crippen molar-refractivity contribution in [3.63, 3.8) is 0 Å². The number of hydrogen-bond acceptors (Lipinski definition) is 1. The summed E-state index contributed by atoms with van der Waals surface area (Å²) in [5, 5.41) is 12.2. The van der Waals surface area contributed by atoms with E-state index in [0.717, 1.165) is 44.2 Å².